The van der Waals surface area contributed by atoms with Crippen molar-refractivity contribution in [2.24, 2.45) is 5.92 Å². The zero-order valence-corrected chi connectivity index (χ0v) is 12.7. The minimum atomic E-state index is -1.13. The van der Waals surface area contributed by atoms with E-state index in [1.165, 1.54) is 25.3 Å². The van der Waals surface area contributed by atoms with E-state index < -0.39 is 5.97 Å². The van der Waals surface area contributed by atoms with Gasteiger partial charge in [0.25, 0.3) is 5.91 Å². The van der Waals surface area contributed by atoms with E-state index in [1.54, 1.807) is 23.1 Å². The van der Waals surface area contributed by atoms with Crippen molar-refractivity contribution in [3.63, 3.8) is 0 Å². The first-order valence-corrected chi connectivity index (χ1v) is 7.72. The molecule has 1 aliphatic carbocycles. The summed E-state index contributed by atoms with van der Waals surface area (Å²) >= 11 is 0. The molecule has 0 aromatic carbocycles. The molecule has 1 aromatic rings. The monoisotopic (exact) mass is 302 g/mol. The van der Waals surface area contributed by atoms with Gasteiger partial charge in [-0.1, -0.05) is 31.4 Å². The van der Waals surface area contributed by atoms with Crippen LogP contribution < -0.4 is 0 Å². The van der Waals surface area contributed by atoms with Crippen LogP contribution in [0.25, 0.3) is 0 Å². The third-order valence-corrected chi connectivity index (χ3v) is 4.03. The average Bonchev–Trinajstić information content (AvgIpc) is 2.55. The van der Waals surface area contributed by atoms with Crippen molar-refractivity contribution in [1.82, 2.24) is 9.88 Å². The Balaban J connectivity index is 2.12. The minimum Gasteiger partial charge on any atom is -0.477 e. The summed E-state index contributed by atoms with van der Waals surface area (Å²) in [5, 5.41) is 8.99. The smallest absolute Gasteiger partial charge is 0.354 e. The number of carboxylic acids is 1. The van der Waals surface area contributed by atoms with Crippen LogP contribution in [0.1, 0.15) is 53.1 Å². The molecule has 0 bridgehead atoms. The molecule has 1 saturated carbocycles. The van der Waals surface area contributed by atoms with Crippen LogP contribution >= 0.6 is 0 Å². The molecule has 0 unspecified atom stereocenters. The van der Waals surface area contributed by atoms with E-state index in [4.69, 9.17) is 5.11 Å². The lowest BCUT2D eigenvalue weighted by molar-refractivity contribution is 0.0689. The molecule has 118 valence electrons. The summed E-state index contributed by atoms with van der Waals surface area (Å²) < 4.78 is 0. The highest BCUT2D eigenvalue weighted by Crippen LogP contribution is 2.24. The standard InChI is InChI=1S/C17H22N2O3/c1-2-11-19(12-13-7-4-3-5-8-13)16(20)14-9-6-10-15(18-14)17(21)22/h2,6,9-10,13H,1,3-5,7-8,11-12H2,(H,21,22). The predicted octanol–water partition coefficient (Wildman–Crippen LogP) is 2.99. The van der Waals surface area contributed by atoms with E-state index in [2.05, 4.69) is 11.6 Å². The first-order chi connectivity index (χ1) is 10.6. The van der Waals surface area contributed by atoms with Gasteiger partial charge in [-0.3, -0.25) is 4.79 Å². The second kappa shape index (κ2) is 7.73. The maximum atomic E-state index is 12.6. The van der Waals surface area contributed by atoms with E-state index in [1.807, 2.05) is 0 Å². The number of nitrogens with zero attached hydrogens (tertiary/aromatic N) is 2. The molecule has 1 aliphatic rings. The molecule has 0 atom stereocenters. The van der Waals surface area contributed by atoms with Crippen LogP contribution in [-0.2, 0) is 0 Å². The van der Waals surface area contributed by atoms with E-state index in [0.29, 0.717) is 19.0 Å². The molecule has 0 aliphatic heterocycles. The Bertz CT molecular complexity index is 551. The van der Waals surface area contributed by atoms with Gasteiger partial charge in [-0.05, 0) is 30.9 Å². The van der Waals surface area contributed by atoms with Gasteiger partial charge in [0, 0.05) is 13.1 Å². The molecular formula is C17H22N2O3. The van der Waals surface area contributed by atoms with E-state index in [-0.39, 0.29) is 17.3 Å². The van der Waals surface area contributed by atoms with Crippen molar-refractivity contribution in [3.8, 4) is 0 Å². The fraction of sp³-hybridized carbons (Fsp3) is 0.471. The number of hydrogen-bond acceptors (Lipinski definition) is 3. The Kier molecular flexibility index (Phi) is 5.69. The zero-order valence-electron chi connectivity index (χ0n) is 12.7. The zero-order chi connectivity index (χ0) is 15.9. The summed E-state index contributed by atoms with van der Waals surface area (Å²) in [4.78, 5) is 29.3. The van der Waals surface area contributed by atoms with Crippen molar-refractivity contribution in [1.29, 1.82) is 0 Å². The average molecular weight is 302 g/mol. The normalized spacial score (nSPS) is 15.3. The number of amides is 1. The van der Waals surface area contributed by atoms with Crippen LogP contribution in [-0.4, -0.2) is 40.0 Å². The van der Waals surface area contributed by atoms with E-state index in [9.17, 15) is 9.59 Å². The van der Waals surface area contributed by atoms with Gasteiger partial charge in [0.05, 0.1) is 0 Å². The number of pyridine rings is 1. The fourth-order valence-electron chi connectivity index (χ4n) is 2.91. The van der Waals surface area contributed by atoms with Crippen LogP contribution in [0, 0.1) is 5.92 Å². The first-order valence-electron chi connectivity index (χ1n) is 7.72. The number of hydrogen-bond donors (Lipinski definition) is 1. The van der Waals surface area contributed by atoms with Gasteiger partial charge in [-0.2, -0.15) is 0 Å². The molecule has 5 nitrogen and oxygen atoms in total. The Labute approximate surface area is 130 Å². The summed E-state index contributed by atoms with van der Waals surface area (Å²) in [5.41, 5.74) is 0.0691. The van der Waals surface area contributed by atoms with E-state index >= 15 is 0 Å². The van der Waals surface area contributed by atoms with Crippen molar-refractivity contribution in [3.05, 3.63) is 42.2 Å². The van der Waals surface area contributed by atoms with Gasteiger partial charge in [0.15, 0.2) is 0 Å². The van der Waals surface area contributed by atoms with Crippen molar-refractivity contribution in [2.75, 3.05) is 13.1 Å². The lowest BCUT2D eigenvalue weighted by atomic mass is 9.89. The molecule has 0 radical (unpaired) electrons. The predicted molar refractivity (Wildman–Crippen MR) is 83.9 cm³/mol. The molecule has 22 heavy (non-hydrogen) atoms. The molecular weight excluding hydrogens is 280 g/mol. The Morgan fingerprint density at radius 1 is 1.27 bits per heavy atom. The highest BCUT2D eigenvalue weighted by Gasteiger charge is 2.22. The second-order valence-electron chi connectivity index (χ2n) is 5.72. The quantitative estimate of drug-likeness (QED) is 0.820. The maximum Gasteiger partial charge on any atom is 0.354 e. The molecule has 1 amide bonds. The van der Waals surface area contributed by atoms with Crippen molar-refractivity contribution < 1.29 is 14.7 Å². The Morgan fingerprint density at radius 3 is 2.59 bits per heavy atom. The molecule has 0 spiro atoms. The van der Waals surface area contributed by atoms with Gasteiger partial charge in [-0.15, -0.1) is 6.58 Å². The number of carbonyl (C=O) groups excluding carboxylic acids is 1. The fourth-order valence-corrected chi connectivity index (χ4v) is 2.91. The van der Waals surface area contributed by atoms with E-state index in [0.717, 1.165) is 12.8 Å². The molecule has 0 saturated heterocycles. The van der Waals surface area contributed by atoms with Crippen LogP contribution in [0.5, 0.6) is 0 Å². The number of aromatic carboxylic acids is 1. The second-order valence-corrected chi connectivity index (χ2v) is 5.72. The number of carbonyl (C=O) groups is 2. The van der Waals surface area contributed by atoms with Gasteiger partial charge in [0.2, 0.25) is 0 Å². The number of carboxylic acid groups (broad SMARTS) is 1. The molecule has 1 aromatic heterocycles. The summed E-state index contributed by atoms with van der Waals surface area (Å²) in [7, 11) is 0. The summed E-state index contributed by atoms with van der Waals surface area (Å²) in [6, 6.07) is 4.50. The van der Waals surface area contributed by atoms with Crippen LogP contribution in [0.4, 0.5) is 0 Å². The molecule has 1 N–H and O–H groups in total. The summed E-state index contributed by atoms with van der Waals surface area (Å²) in [5.74, 6) is -0.842. The van der Waals surface area contributed by atoms with Gasteiger partial charge in [-0.25, -0.2) is 9.78 Å². The highest BCUT2D eigenvalue weighted by atomic mass is 16.4. The SMILES string of the molecule is C=CCN(CC1CCCCC1)C(=O)c1cccc(C(=O)O)n1. The van der Waals surface area contributed by atoms with Crippen LogP contribution in [0.15, 0.2) is 30.9 Å². The van der Waals surface area contributed by atoms with Crippen LogP contribution in [0.2, 0.25) is 0 Å². The van der Waals surface area contributed by atoms with Crippen molar-refractivity contribution >= 4 is 11.9 Å². The molecule has 1 heterocycles. The molecule has 1 fully saturated rings. The van der Waals surface area contributed by atoms with Gasteiger partial charge < -0.3 is 10.0 Å². The van der Waals surface area contributed by atoms with Crippen molar-refractivity contribution in [2.45, 2.75) is 32.1 Å². The minimum absolute atomic E-state index is 0.109. The largest absolute Gasteiger partial charge is 0.477 e. The third kappa shape index (κ3) is 4.16. The maximum absolute atomic E-state index is 12.6. The lowest BCUT2D eigenvalue weighted by Crippen LogP contribution is -2.36. The van der Waals surface area contributed by atoms with Crippen LogP contribution in [0.3, 0.4) is 0 Å². The Morgan fingerprint density at radius 2 is 1.95 bits per heavy atom. The number of rotatable bonds is 6. The summed E-state index contributed by atoms with van der Waals surface area (Å²) in [6.07, 6.45) is 7.68. The van der Waals surface area contributed by atoms with Gasteiger partial charge in [0.1, 0.15) is 11.4 Å². The summed E-state index contributed by atoms with van der Waals surface area (Å²) in [6.45, 7) is 4.84. The molecule has 2 rings (SSSR count). The Hall–Kier alpha value is -2.17. The molecule has 5 heteroatoms. The third-order valence-electron chi connectivity index (χ3n) is 4.03. The number of aromatic nitrogens is 1. The topological polar surface area (TPSA) is 70.5 Å². The highest BCUT2D eigenvalue weighted by molar-refractivity contribution is 5.94. The van der Waals surface area contributed by atoms with Gasteiger partial charge >= 0.3 is 5.97 Å². The lowest BCUT2D eigenvalue weighted by Gasteiger charge is -2.29. The first kappa shape index (κ1) is 16.2.